The highest BCUT2D eigenvalue weighted by Crippen LogP contribution is 2.36. The Balaban J connectivity index is 1.52. The maximum absolute atomic E-state index is 12.0. The lowest BCUT2D eigenvalue weighted by atomic mass is 9.90. The van der Waals surface area contributed by atoms with Crippen molar-refractivity contribution in [2.75, 3.05) is 6.54 Å². The summed E-state index contributed by atoms with van der Waals surface area (Å²) < 4.78 is 0. The van der Waals surface area contributed by atoms with E-state index in [9.17, 15) is 4.79 Å². The Morgan fingerprint density at radius 3 is 2.30 bits per heavy atom. The molecule has 0 saturated heterocycles. The molecule has 0 fully saturated rings. The van der Waals surface area contributed by atoms with Crippen molar-refractivity contribution >= 4 is 38.2 Å². The number of benzene rings is 4. The highest BCUT2D eigenvalue weighted by molar-refractivity contribution is 6.23. The van der Waals surface area contributed by atoms with Crippen LogP contribution in [0.2, 0.25) is 0 Å². The smallest absolute Gasteiger partial charge is 0.220 e. The molecule has 0 bridgehead atoms. The van der Waals surface area contributed by atoms with E-state index in [0.29, 0.717) is 6.42 Å². The number of carbonyl (C=O) groups excluding carboxylic acids is 1. The first-order valence-electron chi connectivity index (χ1n) is 10.2. The average molecular weight is 357 g/mol. The predicted molar refractivity (Wildman–Crippen MR) is 116 cm³/mol. The van der Waals surface area contributed by atoms with Crippen molar-refractivity contribution < 1.29 is 4.79 Å². The molecule has 0 spiro atoms. The second-order valence-electron chi connectivity index (χ2n) is 7.49. The van der Waals surface area contributed by atoms with Gasteiger partial charge < -0.3 is 5.32 Å². The van der Waals surface area contributed by atoms with Crippen molar-refractivity contribution in [2.24, 2.45) is 0 Å². The molecule has 0 heterocycles. The zero-order valence-corrected chi connectivity index (χ0v) is 16.1. The normalized spacial score (nSPS) is 11.6. The Morgan fingerprint density at radius 2 is 1.52 bits per heavy atom. The molecule has 27 heavy (non-hydrogen) atoms. The fourth-order valence-electron chi connectivity index (χ4n) is 4.14. The molecule has 2 nitrogen and oxygen atoms in total. The number of aryl methyl sites for hydroxylation is 1. The minimum atomic E-state index is 0.184. The number of unbranched alkanes of at least 4 members (excludes halogenated alkanes) is 2. The molecule has 0 aliphatic carbocycles. The van der Waals surface area contributed by atoms with Crippen LogP contribution in [0.25, 0.3) is 32.3 Å². The number of nitrogens with one attached hydrogen (secondary N) is 1. The highest BCUT2D eigenvalue weighted by Gasteiger charge is 2.11. The molecule has 138 valence electrons. The van der Waals surface area contributed by atoms with Crippen LogP contribution >= 0.6 is 0 Å². The minimum absolute atomic E-state index is 0.184. The molecule has 1 N–H and O–H groups in total. The second kappa shape index (κ2) is 7.96. The van der Waals surface area contributed by atoms with Gasteiger partial charge in [0.2, 0.25) is 5.91 Å². The van der Waals surface area contributed by atoms with Crippen LogP contribution in [0, 0.1) is 0 Å². The number of amides is 1. The summed E-state index contributed by atoms with van der Waals surface area (Å²) in [5, 5.41) is 11.0. The zero-order valence-electron chi connectivity index (χ0n) is 16.1. The second-order valence-corrected chi connectivity index (χ2v) is 7.49. The summed E-state index contributed by atoms with van der Waals surface area (Å²) in [5.41, 5.74) is 1.35. The quantitative estimate of drug-likeness (QED) is 0.295. The monoisotopic (exact) mass is 357 g/mol. The van der Waals surface area contributed by atoms with Gasteiger partial charge in [-0.05, 0) is 57.1 Å². The predicted octanol–water partition coefficient (Wildman–Crippen LogP) is 6.21. The van der Waals surface area contributed by atoms with Crippen LogP contribution in [-0.4, -0.2) is 12.5 Å². The Kier molecular flexibility index (Phi) is 5.24. The molecule has 0 saturated carbocycles. The summed E-state index contributed by atoms with van der Waals surface area (Å²) >= 11 is 0. The van der Waals surface area contributed by atoms with Gasteiger partial charge in [-0.3, -0.25) is 4.79 Å². The van der Waals surface area contributed by atoms with E-state index in [4.69, 9.17) is 0 Å². The van der Waals surface area contributed by atoms with Crippen molar-refractivity contribution in [1.29, 1.82) is 0 Å². The maximum atomic E-state index is 12.0. The first-order valence-corrected chi connectivity index (χ1v) is 10.2. The van der Waals surface area contributed by atoms with Crippen molar-refractivity contribution in [3.05, 3.63) is 60.2 Å². The Hall–Kier alpha value is -2.61. The van der Waals surface area contributed by atoms with Gasteiger partial charge in [-0.1, -0.05) is 74.4 Å². The molecule has 0 aromatic heterocycles. The van der Waals surface area contributed by atoms with Crippen molar-refractivity contribution in [3.63, 3.8) is 0 Å². The number of hydrogen-bond acceptors (Lipinski definition) is 1. The Bertz CT molecular complexity index is 1050. The summed E-state index contributed by atoms with van der Waals surface area (Å²) in [6.45, 7) is 2.99. The molecule has 0 unspecified atom stereocenters. The minimum Gasteiger partial charge on any atom is -0.356 e. The molecule has 2 heteroatoms. The largest absolute Gasteiger partial charge is 0.356 e. The number of rotatable bonds is 8. The van der Waals surface area contributed by atoms with Gasteiger partial charge in [0.25, 0.3) is 0 Å². The van der Waals surface area contributed by atoms with Crippen LogP contribution < -0.4 is 5.32 Å². The zero-order chi connectivity index (χ0) is 18.6. The molecular formula is C25H27NO. The van der Waals surface area contributed by atoms with E-state index in [0.717, 1.165) is 25.8 Å². The van der Waals surface area contributed by atoms with Crippen LogP contribution in [0.3, 0.4) is 0 Å². The van der Waals surface area contributed by atoms with Gasteiger partial charge in [0.1, 0.15) is 0 Å². The molecular weight excluding hydrogens is 330 g/mol. The van der Waals surface area contributed by atoms with Gasteiger partial charge in [-0.2, -0.15) is 0 Å². The van der Waals surface area contributed by atoms with Crippen molar-refractivity contribution in [1.82, 2.24) is 5.32 Å². The molecule has 4 aromatic rings. The first-order chi connectivity index (χ1) is 13.3. The van der Waals surface area contributed by atoms with E-state index in [2.05, 4.69) is 66.8 Å². The van der Waals surface area contributed by atoms with E-state index in [1.165, 1.54) is 50.7 Å². The van der Waals surface area contributed by atoms with E-state index >= 15 is 0 Å². The van der Waals surface area contributed by atoms with Crippen LogP contribution in [0.15, 0.2) is 54.6 Å². The van der Waals surface area contributed by atoms with Gasteiger partial charge in [-0.15, -0.1) is 0 Å². The van der Waals surface area contributed by atoms with E-state index in [1.807, 2.05) is 0 Å². The number of carbonyl (C=O) groups is 1. The van der Waals surface area contributed by atoms with Crippen LogP contribution in [0.5, 0.6) is 0 Å². The standard InChI is InChI=1S/C25H27NO/c1-2-3-4-17-26-23(27)10-6-7-18-11-12-21-14-13-19-8-5-9-20-15-16-22(18)25(21)24(19)20/h5,8-9,11-16H,2-4,6-7,10,17H2,1H3,(H,26,27). The third-order valence-corrected chi connectivity index (χ3v) is 5.57. The lowest BCUT2D eigenvalue weighted by Crippen LogP contribution is -2.24. The topological polar surface area (TPSA) is 29.1 Å². The summed E-state index contributed by atoms with van der Waals surface area (Å²) in [4.78, 5) is 12.0. The molecule has 0 radical (unpaired) electrons. The average Bonchev–Trinajstić information content (AvgIpc) is 2.70. The third kappa shape index (κ3) is 3.62. The summed E-state index contributed by atoms with van der Waals surface area (Å²) in [6, 6.07) is 19.9. The van der Waals surface area contributed by atoms with Crippen LogP contribution in [0.1, 0.15) is 44.6 Å². The molecule has 4 aromatic carbocycles. The van der Waals surface area contributed by atoms with Gasteiger partial charge in [0, 0.05) is 13.0 Å². The van der Waals surface area contributed by atoms with E-state index < -0.39 is 0 Å². The lowest BCUT2D eigenvalue weighted by Gasteiger charge is -2.14. The SMILES string of the molecule is CCCCCNC(=O)CCCc1ccc2ccc3cccc4ccc1c2c34. The van der Waals surface area contributed by atoms with Crippen molar-refractivity contribution in [3.8, 4) is 0 Å². The fourth-order valence-corrected chi connectivity index (χ4v) is 4.14. The van der Waals surface area contributed by atoms with E-state index in [1.54, 1.807) is 0 Å². The summed E-state index contributed by atoms with van der Waals surface area (Å²) in [7, 11) is 0. The Labute approximate surface area is 160 Å². The molecule has 4 rings (SSSR count). The molecule has 0 atom stereocenters. The molecule has 1 amide bonds. The van der Waals surface area contributed by atoms with Crippen LogP contribution in [-0.2, 0) is 11.2 Å². The highest BCUT2D eigenvalue weighted by atomic mass is 16.1. The van der Waals surface area contributed by atoms with Crippen LogP contribution in [0.4, 0.5) is 0 Å². The maximum Gasteiger partial charge on any atom is 0.220 e. The first kappa shape index (κ1) is 17.8. The summed E-state index contributed by atoms with van der Waals surface area (Å²) in [5.74, 6) is 0.184. The van der Waals surface area contributed by atoms with Gasteiger partial charge in [0.05, 0.1) is 0 Å². The van der Waals surface area contributed by atoms with Gasteiger partial charge in [0.15, 0.2) is 0 Å². The van der Waals surface area contributed by atoms with E-state index in [-0.39, 0.29) is 5.91 Å². The third-order valence-electron chi connectivity index (χ3n) is 5.57. The number of hydrogen-bond donors (Lipinski definition) is 1. The Morgan fingerprint density at radius 1 is 0.815 bits per heavy atom. The lowest BCUT2D eigenvalue weighted by molar-refractivity contribution is -0.121. The summed E-state index contributed by atoms with van der Waals surface area (Å²) in [6.07, 6.45) is 5.89. The van der Waals surface area contributed by atoms with Gasteiger partial charge >= 0.3 is 0 Å². The van der Waals surface area contributed by atoms with Gasteiger partial charge in [-0.25, -0.2) is 0 Å². The fraction of sp³-hybridized carbons (Fsp3) is 0.320. The molecule has 0 aliphatic rings. The molecule has 0 aliphatic heterocycles. The van der Waals surface area contributed by atoms with Crippen molar-refractivity contribution in [2.45, 2.75) is 45.4 Å².